The molecule has 1 aromatic heterocycles. The van der Waals surface area contributed by atoms with Gasteiger partial charge < -0.3 is 5.32 Å². The zero-order valence-electron chi connectivity index (χ0n) is 12.1. The van der Waals surface area contributed by atoms with Crippen molar-refractivity contribution in [3.8, 4) is 0 Å². The molecule has 1 aliphatic carbocycles. The molecule has 0 radical (unpaired) electrons. The topological polar surface area (TPSA) is 15.3 Å². The summed E-state index contributed by atoms with van der Waals surface area (Å²) in [5, 5.41) is 5.99. The van der Waals surface area contributed by atoms with Crippen LogP contribution in [-0.4, -0.2) is 36.6 Å². The fourth-order valence-electron chi connectivity index (χ4n) is 3.29. The highest BCUT2D eigenvalue weighted by molar-refractivity contribution is 7.09. The van der Waals surface area contributed by atoms with Gasteiger partial charge in [0.25, 0.3) is 0 Å². The van der Waals surface area contributed by atoms with Gasteiger partial charge >= 0.3 is 0 Å². The number of hydrogen-bond donors (Lipinski definition) is 1. The summed E-state index contributed by atoms with van der Waals surface area (Å²) < 4.78 is 0. The molecule has 0 amide bonds. The van der Waals surface area contributed by atoms with E-state index in [9.17, 15) is 0 Å². The van der Waals surface area contributed by atoms with Crippen molar-refractivity contribution in [3.05, 3.63) is 22.4 Å². The maximum absolute atomic E-state index is 3.80. The largest absolute Gasteiger partial charge is 0.311 e. The van der Waals surface area contributed by atoms with E-state index in [-0.39, 0.29) is 0 Å². The first-order chi connectivity index (χ1) is 9.24. The Morgan fingerprint density at radius 2 is 2.26 bits per heavy atom. The maximum Gasteiger partial charge on any atom is 0.0244 e. The molecule has 1 aromatic rings. The van der Waals surface area contributed by atoms with Crippen LogP contribution in [0, 0.1) is 11.8 Å². The molecule has 1 saturated heterocycles. The van der Waals surface area contributed by atoms with Crippen molar-refractivity contribution in [1.82, 2.24) is 10.2 Å². The Hall–Kier alpha value is -0.380. The Labute approximate surface area is 121 Å². The lowest BCUT2D eigenvalue weighted by Gasteiger charge is -2.42. The minimum absolute atomic E-state index is 0.718. The molecule has 106 valence electrons. The third kappa shape index (κ3) is 3.39. The van der Waals surface area contributed by atoms with E-state index in [1.165, 1.54) is 43.8 Å². The summed E-state index contributed by atoms with van der Waals surface area (Å²) in [6.07, 6.45) is 4.11. The number of piperazine rings is 1. The highest BCUT2D eigenvalue weighted by atomic mass is 32.1. The van der Waals surface area contributed by atoms with Crippen molar-refractivity contribution in [2.75, 3.05) is 19.6 Å². The van der Waals surface area contributed by atoms with Crippen LogP contribution < -0.4 is 5.32 Å². The molecular weight excluding hydrogens is 252 g/mol. The standard InChI is InChI=1S/C16H26N2S/c1-12(2)16-10-17-15(13-5-6-13)11-18(16)8-7-14-4-3-9-19-14/h3-4,9,12-13,15-17H,5-8,10-11H2,1-2H3. The van der Waals surface area contributed by atoms with Crippen LogP contribution in [0.1, 0.15) is 31.6 Å². The molecule has 2 fully saturated rings. The Morgan fingerprint density at radius 1 is 1.42 bits per heavy atom. The molecular formula is C16H26N2S. The normalized spacial score (nSPS) is 29.0. The monoisotopic (exact) mass is 278 g/mol. The molecule has 1 saturated carbocycles. The Balaban J connectivity index is 1.59. The van der Waals surface area contributed by atoms with Crippen LogP contribution in [0.4, 0.5) is 0 Å². The van der Waals surface area contributed by atoms with Gasteiger partial charge in [-0.2, -0.15) is 0 Å². The quantitative estimate of drug-likeness (QED) is 0.891. The molecule has 1 aliphatic heterocycles. The van der Waals surface area contributed by atoms with Crippen LogP contribution in [0.25, 0.3) is 0 Å². The minimum atomic E-state index is 0.718. The maximum atomic E-state index is 3.80. The lowest BCUT2D eigenvalue weighted by Crippen LogP contribution is -2.59. The average molecular weight is 278 g/mol. The Bertz CT molecular complexity index is 383. The fourth-order valence-corrected chi connectivity index (χ4v) is 3.99. The molecule has 3 heteroatoms. The van der Waals surface area contributed by atoms with Gasteiger partial charge in [-0.15, -0.1) is 11.3 Å². The van der Waals surface area contributed by atoms with Gasteiger partial charge in [0.1, 0.15) is 0 Å². The first-order valence-electron chi connectivity index (χ1n) is 7.74. The predicted molar refractivity (Wildman–Crippen MR) is 82.7 cm³/mol. The number of nitrogens with zero attached hydrogens (tertiary/aromatic N) is 1. The number of rotatable bonds is 5. The van der Waals surface area contributed by atoms with Gasteiger partial charge in [-0.25, -0.2) is 0 Å². The summed E-state index contributed by atoms with van der Waals surface area (Å²) in [6.45, 7) is 8.40. The van der Waals surface area contributed by atoms with Gasteiger partial charge in [-0.3, -0.25) is 4.90 Å². The van der Waals surface area contributed by atoms with Crippen molar-refractivity contribution in [1.29, 1.82) is 0 Å². The zero-order chi connectivity index (χ0) is 13.2. The second-order valence-corrected chi connectivity index (χ2v) is 7.52. The third-order valence-electron chi connectivity index (χ3n) is 4.68. The Morgan fingerprint density at radius 3 is 2.89 bits per heavy atom. The molecule has 3 rings (SSSR count). The first kappa shape index (κ1) is 13.6. The van der Waals surface area contributed by atoms with Gasteiger partial charge in [0.2, 0.25) is 0 Å². The first-order valence-corrected chi connectivity index (χ1v) is 8.62. The SMILES string of the molecule is CC(C)C1CNC(C2CC2)CN1CCc1cccs1. The summed E-state index contributed by atoms with van der Waals surface area (Å²) in [5.41, 5.74) is 0. The van der Waals surface area contributed by atoms with Gasteiger partial charge in [0.15, 0.2) is 0 Å². The minimum Gasteiger partial charge on any atom is -0.311 e. The van der Waals surface area contributed by atoms with Crippen molar-refractivity contribution in [3.63, 3.8) is 0 Å². The lowest BCUT2D eigenvalue weighted by atomic mass is 9.96. The van der Waals surface area contributed by atoms with Crippen LogP contribution in [-0.2, 0) is 6.42 Å². The molecule has 2 aliphatic rings. The smallest absolute Gasteiger partial charge is 0.0244 e. The van der Waals surface area contributed by atoms with Crippen molar-refractivity contribution < 1.29 is 0 Å². The summed E-state index contributed by atoms with van der Waals surface area (Å²) in [5.74, 6) is 1.72. The second-order valence-electron chi connectivity index (χ2n) is 6.49. The Kier molecular flexibility index (Phi) is 4.25. The second kappa shape index (κ2) is 5.94. The zero-order valence-corrected chi connectivity index (χ0v) is 13.0. The van der Waals surface area contributed by atoms with E-state index in [1.807, 2.05) is 11.3 Å². The van der Waals surface area contributed by atoms with Crippen molar-refractivity contribution >= 4 is 11.3 Å². The van der Waals surface area contributed by atoms with Crippen LogP contribution in [0.5, 0.6) is 0 Å². The number of thiophene rings is 1. The molecule has 2 unspecified atom stereocenters. The van der Waals surface area contributed by atoms with E-state index in [4.69, 9.17) is 0 Å². The summed E-state index contributed by atoms with van der Waals surface area (Å²) in [7, 11) is 0. The van der Waals surface area contributed by atoms with Crippen LogP contribution >= 0.6 is 11.3 Å². The van der Waals surface area contributed by atoms with Gasteiger partial charge in [-0.1, -0.05) is 19.9 Å². The van der Waals surface area contributed by atoms with Gasteiger partial charge in [0.05, 0.1) is 0 Å². The summed E-state index contributed by atoms with van der Waals surface area (Å²) >= 11 is 1.90. The molecule has 1 N–H and O–H groups in total. The fraction of sp³-hybridized carbons (Fsp3) is 0.750. The van der Waals surface area contributed by atoms with E-state index in [2.05, 4.69) is 41.6 Å². The van der Waals surface area contributed by atoms with E-state index in [0.29, 0.717) is 0 Å². The summed E-state index contributed by atoms with van der Waals surface area (Å²) in [4.78, 5) is 4.29. The predicted octanol–water partition coefficient (Wildman–Crippen LogP) is 3.00. The molecule has 0 bridgehead atoms. The van der Waals surface area contributed by atoms with Gasteiger partial charge in [0, 0.05) is 36.6 Å². The molecule has 2 nitrogen and oxygen atoms in total. The van der Waals surface area contributed by atoms with Crippen molar-refractivity contribution in [2.24, 2.45) is 11.8 Å². The molecule has 2 heterocycles. The van der Waals surface area contributed by atoms with Gasteiger partial charge in [-0.05, 0) is 42.5 Å². The van der Waals surface area contributed by atoms with E-state index < -0.39 is 0 Å². The highest BCUT2D eigenvalue weighted by Crippen LogP contribution is 2.34. The van der Waals surface area contributed by atoms with E-state index in [0.717, 1.165) is 23.9 Å². The molecule has 19 heavy (non-hydrogen) atoms. The van der Waals surface area contributed by atoms with Crippen LogP contribution in [0.15, 0.2) is 17.5 Å². The molecule has 2 atom stereocenters. The molecule has 0 aromatic carbocycles. The third-order valence-corrected chi connectivity index (χ3v) is 5.61. The van der Waals surface area contributed by atoms with E-state index >= 15 is 0 Å². The molecule has 0 spiro atoms. The van der Waals surface area contributed by atoms with Crippen LogP contribution in [0.2, 0.25) is 0 Å². The average Bonchev–Trinajstić information content (AvgIpc) is 3.13. The van der Waals surface area contributed by atoms with Crippen molar-refractivity contribution in [2.45, 2.75) is 45.2 Å². The number of hydrogen-bond acceptors (Lipinski definition) is 3. The number of nitrogens with one attached hydrogen (secondary N) is 1. The van der Waals surface area contributed by atoms with E-state index in [1.54, 1.807) is 0 Å². The lowest BCUT2D eigenvalue weighted by molar-refractivity contribution is 0.0937. The summed E-state index contributed by atoms with van der Waals surface area (Å²) in [6, 6.07) is 5.92. The van der Waals surface area contributed by atoms with Crippen LogP contribution in [0.3, 0.4) is 0 Å². The highest BCUT2D eigenvalue weighted by Gasteiger charge is 2.37.